The molecule has 1 saturated heterocycles. The first-order valence-corrected chi connectivity index (χ1v) is 8.77. The first-order chi connectivity index (χ1) is 8.81. The third-order valence-electron chi connectivity index (χ3n) is 2.38. The van der Waals surface area contributed by atoms with Gasteiger partial charge in [-0.3, -0.25) is 0 Å². The number of amides is 1. The van der Waals surface area contributed by atoms with Gasteiger partial charge in [0, 0.05) is 0 Å². The van der Waals surface area contributed by atoms with Crippen LogP contribution in [0.15, 0.2) is 39.9 Å². The van der Waals surface area contributed by atoms with E-state index in [0.717, 1.165) is 15.2 Å². The molecule has 1 aliphatic rings. The van der Waals surface area contributed by atoms with E-state index in [1.54, 1.807) is 18.9 Å². The first kappa shape index (κ1) is 13.5. The minimum atomic E-state index is -0.144. The van der Waals surface area contributed by atoms with Gasteiger partial charge in [-0.15, -0.1) is 0 Å². The van der Waals surface area contributed by atoms with E-state index in [1.165, 1.54) is 11.7 Å². The zero-order valence-corrected chi connectivity index (χ0v) is 12.7. The van der Waals surface area contributed by atoms with Crippen LogP contribution >= 0.6 is 11.8 Å². The summed E-state index contributed by atoms with van der Waals surface area (Å²) in [5, 5.41) is 4.06. The Balaban J connectivity index is 2.10. The number of benzene rings is 1. The molecular weight excluding hydrogens is 313 g/mol. The molecule has 0 saturated carbocycles. The third-order valence-corrected chi connectivity index (χ3v) is 6.65. The molecule has 18 heavy (non-hydrogen) atoms. The van der Waals surface area contributed by atoms with E-state index in [1.807, 2.05) is 30.3 Å². The number of hydrogen-bond acceptors (Lipinski definition) is 3. The summed E-state index contributed by atoms with van der Waals surface area (Å²) in [6, 6.07) is 9.46. The van der Waals surface area contributed by atoms with Crippen molar-refractivity contribution >= 4 is 38.3 Å². The van der Waals surface area contributed by atoms with E-state index in [-0.39, 0.29) is 5.91 Å². The number of rotatable bonds is 3. The summed E-state index contributed by atoms with van der Waals surface area (Å²) < 4.78 is 6.42. The molecule has 0 bridgehead atoms. The van der Waals surface area contributed by atoms with Crippen LogP contribution in [0.25, 0.3) is 0 Å². The second-order valence-electron chi connectivity index (χ2n) is 3.69. The summed E-state index contributed by atoms with van der Waals surface area (Å²) in [5.41, 5.74) is 0.797. The molecule has 1 N–H and O–H groups in total. The van der Waals surface area contributed by atoms with Crippen LogP contribution < -0.4 is 5.32 Å². The third kappa shape index (κ3) is 3.54. The molecule has 1 aromatic carbocycles. The number of para-hydroxylation sites is 1. The van der Waals surface area contributed by atoms with Gasteiger partial charge in [0.25, 0.3) is 0 Å². The average Bonchev–Trinajstić information content (AvgIpc) is 2.42. The second-order valence-corrected chi connectivity index (χ2v) is 7.70. The Kier molecular flexibility index (Phi) is 5.17. The average molecular weight is 328 g/mol. The van der Waals surface area contributed by atoms with Gasteiger partial charge in [-0.05, 0) is 0 Å². The molecule has 0 spiro atoms. The summed E-state index contributed by atoms with van der Waals surface area (Å²) in [4.78, 5) is 12.1. The summed E-state index contributed by atoms with van der Waals surface area (Å²) in [6.07, 6.45) is 1.24. The minimum absolute atomic E-state index is 0.144. The molecule has 0 aliphatic carbocycles. The van der Waals surface area contributed by atoms with Crippen molar-refractivity contribution in [3.05, 3.63) is 39.9 Å². The van der Waals surface area contributed by atoms with Crippen LogP contribution in [-0.2, 0) is 9.53 Å². The van der Waals surface area contributed by atoms with E-state index >= 15 is 0 Å². The molecule has 5 heteroatoms. The van der Waals surface area contributed by atoms with Gasteiger partial charge in [-0.1, -0.05) is 0 Å². The van der Waals surface area contributed by atoms with Crippen LogP contribution in [0.2, 0.25) is 5.32 Å². The van der Waals surface area contributed by atoms with Gasteiger partial charge >= 0.3 is 118 Å². The molecule has 2 rings (SSSR count). The molecule has 3 nitrogen and oxygen atoms in total. The van der Waals surface area contributed by atoms with Gasteiger partial charge in [-0.2, -0.15) is 0 Å². The Labute approximate surface area is 118 Å². The van der Waals surface area contributed by atoms with Crippen molar-refractivity contribution in [3.8, 4) is 0 Å². The van der Waals surface area contributed by atoms with Gasteiger partial charge in [0.15, 0.2) is 0 Å². The van der Waals surface area contributed by atoms with Gasteiger partial charge in [0.1, 0.15) is 0 Å². The second kappa shape index (κ2) is 6.88. The molecule has 96 valence electrons. The van der Waals surface area contributed by atoms with Crippen molar-refractivity contribution < 1.29 is 9.53 Å². The van der Waals surface area contributed by atoms with Crippen LogP contribution in [0.4, 0.5) is 5.69 Å². The number of hydrogen-bond donors (Lipinski definition) is 1. The number of carbonyl (C=O) groups is 1. The van der Waals surface area contributed by atoms with Gasteiger partial charge < -0.3 is 0 Å². The zero-order valence-electron chi connectivity index (χ0n) is 10.1. The number of anilines is 1. The Hall–Kier alpha value is -0.901. The van der Waals surface area contributed by atoms with E-state index in [9.17, 15) is 4.79 Å². The monoisotopic (exact) mass is 329 g/mol. The SMILES string of the molecule is CO/C(C(=O)Nc1ccccc1)=C1/SCCC[Se]1. The van der Waals surface area contributed by atoms with Crippen molar-refractivity contribution in [2.45, 2.75) is 11.7 Å². The van der Waals surface area contributed by atoms with Crippen LogP contribution in [0.5, 0.6) is 0 Å². The fraction of sp³-hybridized carbons (Fsp3) is 0.308. The molecule has 0 atom stereocenters. The van der Waals surface area contributed by atoms with Gasteiger partial charge in [0.05, 0.1) is 0 Å². The topological polar surface area (TPSA) is 38.3 Å². The Morgan fingerprint density at radius 3 is 2.78 bits per heavy atom. The van der Waals surface area contributed by atoms with Gasteiger partial charge in [0.2, 0.25) is 0 Å². The molecule has 1 aromatic rings. The Morgan fingerprint density at radius 2 is 2.17 bits per heavy atom. The zero-order chi connectivity index (χ0) is 12.8. The first-order valence-electron chi connectivity index (χ1n) is 5.71. The number of nitrogens with one attached hydrogen (secondary N) is 1. The van der Waals surface area contributed by atoms with E-state index in [2.05, 4.69) is 5.32 Å². The predicted octanol–water partition coefficient (Wildman–Crippen LogP) is 2.70. The summed E-state index contributed by atoms with van der Waals surface area (Å²) in [5.74, 6) is 1.43. The molecule has 1 fully saturated rings. The molecule has 0 aromatic heterocycles. The standard InChI is InChI=1S/C13H15NO2SSe/c1-16-11(13-17-8-5-9-18-13)12(15)14-10-6-3-2-4-7-10/h2-4,6-7H,5,8-9H2,1H3,(H,14,15)/b13-11-. The normalized spacial score (nSPS) is 18.1. The number of carbonyl (C=O) groups excluding carboxylic acids is 1. The molecule has 0 unspecified atom stereocenters. The van der Waals surface area contributed by atoms with Crippen molar-refractivity contribution in [1.29, 1.82) is 0 Å². The van der Waals surface area contributed by atoms with Crippen molar-refractivity contribution in [1.82, 2.24) is 0 Å². The van der Waals surface area contributed by atoms with Crippen molar-refractivity contribution in [3.63, 3.8) is 0 Å². The molecule has 1 aliphatic heterocycles. The fourth-order valence-corrected chi connectivity index (χ4v) is 5.94. The maximum atomic E-state index is 12.1. The number of thioether (sulfide) groups is 1. The summed E-state index contributed by atoms with van der Waals surface area (Å²) in [7, 11) is 1.57. The molecule has 0 radical (unpaired) electrons. The molecule has 1 heterocycles. The van der Waals surface area contributed by atoms with E-state index in [4.69, 9.17) is 4.74 Å². The summed E-state index contributed by atoms with van der Waals surface area (Å²) >= 11 is 2.13. The number of ether oxygens (including phenoxy) is 1. The maximum absolute atomic E-state index is 12.1. The predicted molar refractivity (Wildman–Crippen MR) is 76.7 cm³/mol. The number of methoxy groups -OCH3 is 1. The van der Waals surface area contributed by atoms with Crippen molar-refractivity contribution in [2.24, 2.45) is 0 Å². The fourth-order valence-electron chi connectivity index (χ4n) is 1.54. The van der Waals surface area contributed by atoms with E-state index in [0.29, 0.717) is 20.7 Å². The quantitative estimate of drug-likeness (QED) is 0.527. The Morgan fingerprint density at radius 1 is 1.39 bits per heavy atom. The summed E-state index contributed by atoms with van der Waals surface area (Å²) in [6.45, 7) is 0. The Bertz CT molecular complexity index is 440. The molecular formula is C13H15NO2SSe. The van der Waals surface area contributed by atoms with Crippen LogP contribution in [0.1, 0.15) is 6.42 Å². The van der Waals surface area contributed by atoms with Crippen LogP contribution in [0, 0.1) is 0 Å². The van der Waals surface area contributed by atoms with Gasteiger partial charge in [-0.25, -0.2) is 0 Å². The van der Waals surface area contributed by atoms with Crippen LogP contribution in [0.3, 0.4) is 0 Å². The van der Waals surface area contributed by atoms with Crippen LogP contribution in [-0.4, -0.2) is 33.7 Å². The molecule has 1 amide bonds. The van der Waals surface area contributed by atoms with Crippen molar-refractivity contribution in [2.75, 3.05) is 18.2 Å². The van der Waals surface area contributed by atoms with E-state index < -0.39 is 0 Å².